The van der Waals surface area contributed by atoms with E-state index in [2.05, 4.69) is 45.5 Å². The van der Waals surface area contributed by atoms with Gasteiger partial charge in [0.2, 0.25) is 11.9 Å². The number of benzene rings is 2. The van der Waals surface area contributed by atoms with Crippen molar-refractivity contribution in [2.24, 2.45) is 10.8 Å². The predicted molar refractivity (Wildman–Crippen MR) is 256 cm³/mol. The molecule has 6 atom stereocenters. The molecule has 3 fully saturated rings. The summed E-state index contributed by atoms with van der Waals surface area (Å²) >= 11 is 0. The Labute approximate surface area is 427 Å². The number of nitrogens with one attached hydrogen (secondary N) is 4. The smallest absolute Gasteiger partial charge is 0.407 e. The summed E-state index contributed by atoms with van der Waals surface area (Å²) in [6, 6.07) is 3.89. The number of methoxy groups -OCH3 is 1. The van der Waals surface area contributed by atoms with Gasteiger partial charge in [0.05, 0.1) is 55.9 Å². The van der Waals surface area contributed by atoms with Gasteiger partial charge in [-0.15, -0.1) is 0 Å². The molecule has 0 spiro atoms. The first-order valence-corrected chi connectivity index (χ1v) is 24.0. The van der Waals surface area contributed by atoms with Gasteiger partial charge in [0.1, 0.15) is 23.7 Å². The van der Waals surface area contributed by atoms with Gasteiger partial charge in [-0.3, -0.25) is 24.5 Å². The third-order valence-corrected chi connectivity index (χ3v) is 13.9. The quantitative estimate of drug-likeness (QED) is 0.0493. The Morgan fingerprint density at radius 2 is 1.45 bits per heavy atom. The van der Waals surface area contributed by atoms with Crippen LogP contribution in [0.5, 0.6) is 0 Å². The fourth-order valence-electron chi connectivity index (χ4n) is 9.48. The van der Waals surface area contributed by atoms with Crippen molar-refractivity contribution in [2.45, 2.75) is 116 Å². The number of aliphatic hydroxyl groups is 1. The van der Waals surface area contributed by atoms with Crippen LogP contribution in [0, 0.1) is 22.5 Å². The molecular weight excluding hydrogens is 1000 g/mol. The highest BCUT2D eigenvalue weighted by molar-refractivity contribution is 5.87. The highest BCUT2D eigenvalue weighted by Crippen LogP contribution is 2.41. The van der Waals surface area contributed by atoms with Crippen LogP contribution in [0.25, 0.3) is 22.4 Å². The van der Waals surface area contributed by atoms with E-state index in [1.165, 1.54) is 20.8 Å². The maximum atomic E-state index is 16.0. The van der Waals surface area contributed by atoms with Crippen LogP contribution in [0.15, 0.2) is 61.3 Å². The Kier molecular flexibility index (Phi) is 17.0. The van der Waals surface area contributed by atoms with E-state index >= 15 is 8.78 Å². The lowest BCUT2D eigenvalue weighted by Gasteiger charge is -2.47. The van der Waals surface area contributed by atoms with Crippen molar-refractivity contribution in [2.75, 3.05) is 44.9 Å². The number of nitrogens with zero attached hydrogens (tertiary/aromatic N) is 7. The first-order valence-electron chi connectivity index (χ1n) is 24.0. The number of hydrogen-bond acceptors (Lipinski definition) is 13. The predicted octanol–water partition coefficient (Wildman–Crippen LogP) is 5.65. The highest BCUT2D eigenvalue weighted by atomic mass is 19.4. The molecule has 75 heavy (non-hydrogen) atoms. The van der Waals surface area contributed by atoms with E-state index in [1.54, 1.807) is 36.7 Å². The number of halogens is 7. The summed E-state index contributed by atoms with van der Waals surface area (Å²) < 4.78 is 113. The van der Waals surface area contributed by atoms with Gasteiger partial charge in [-0.05, 0) is 61.8 Å². The number of amides is 4. The molecule has 6 unspecified atom stereocenters. The van der Waals surface area contributed by atoms with E-state index in [4.69, 9.17) is 4.74 Å². The summed E-state index contributed by atoms with van der Waals surface area (Å²) in [4.78, 5) is 70.1. The van der Waals surface area contributed by atoms with Crippen molar-refractivity contribution in [1.82, 2.24) is 50.8 Å². The Balaban J connectivity index is 1.17. The number of fused-ring (bicyclic) bond motifs is 2. The summed E-state index contributed by atoms with van der Waals surface area (Å²) in [5, 5.41) is 28.9. The van der Waals surface area contributed by atoms with E-state index in [0.717, 1.165) is 75.9 Å². The molecule has 4 amide bonds. The van der Waals surface area contributed by atoms with Gasteiger partial charge in [-0.25, -0.2) is 38.3 Å². The third-order valence-electron chi connectivity index (χ3n) is 13.9. The van der Waals surface area contributed by atoms with Gasteiger partial charge in [0.15, 0.2) is 0 Å². The topological polar surface area (TPSA) is 229 Å². The zero-order chi connectivity index (χ0) is 54.7. The number of aliphatic hydroxyl groups excluding tert-OH is 1. The Morgan fingerprint density at radius 1 is 0.840 bits per heavy atom. The molecule has 3 aliphatic heterocycles. The van der Waals surface area contributed by atoms with Crippen LogP contribution < -0.4 is 26.3 Å². The van der Waals surface area contributed by atoms with Crippen molar-refractivity contribution in [3.8, 4) is 22.4 Å². The number of alkyl halides is 5. The fourth-order valence-corrected chi connectivity index (χ4v) is 9.48. The Morgan fingerprint density at radius 3 is 1.96 bits per heavy atom. The van der Waals surface area contributed by atoms with E-state index in [9.17, 15) is 51.3 Å². The van der Waals surface area contributed by atoms with E-state index in [0.29, 0.717) is 59.2 Å². The van der Waals surface area contributed by atoms with Gasteiger partial charge in [0, 0.05) is 73.5 Å². The number of ether oxygens (including phenoxy) is 2. The normalized spacial score (nSPS) is 19.0. The number of carboxylic acid groups (broad SMARTS) is 1. The van der Waals surface area contributed by atoms with Gasteiger partial charge in [0.25, 0.3) is 5.91 Å². The maximum Gasteiger partial charge on any atom is 0.407 e. The van der Waals surface area contributed by atoms with Crippen LogP contribution in [-0.2, 0) is 32.0 Å². The van der Waals surface area contributed by atoms with Crippen molar-refractivity contribution in [1.29, 1.82) is 0 Å². The zero-order valence-corrected chi connectivity index (χ0v) is 41.9. The lowest BCUT2D eigenvalue weighted by molar-refractivity contribution is -0.220. The van der Waals surface area contributed by atoms with Gasteiger partial charge < -0.3 is 40.5 Å². The number of imidazole rings is 1. The molecule has 7 rings (SSSR count). The second-order valence-electron chi connectivity index (χ2n) is 20.6. The molecular formula is C49H60F7N11O8. The van der Waals surface area contributed by atoms with E-state index in [-0.39, 0.29) is 17.7 Å². The number of carbonyl (C=O) groups is 4. The average Bonchev–Trinajstić information content (AvgIpc) is 3.91. The average molecular weight is 1060 g/mol. The minimum atomic E-state index is -5.09. The second kappa shape index (κ2) is 22.7. The number of hydrazine groups is 1. The summed E-state index contributed by atoms with van der Waals surface area (Å²) in [6.45, 7) is 4.14. The van der Waals surface area contributed by atoms with Crippen molar-refractivity contribution in [3.63, 3.8) is 0 Å². The Bertz CT molecular complexity index is 2630. The molecule has 2 aromatic carbocycles. The number of hydrogen-bond donors (Lipinski definition) is 6. The SMILES string of the molecule is COC(=O)NC(C(=O)NC(Cc1ccc(-c2cnc(N3CC4CCC(C3)N4C3COC3)nc2)cc1)C(O)CN(Cc1c(F)cc(-c2cn(C(F)F)cn2)cc1F)NC(=O)C(NC(=O)O)C(C)(C)C)C(C)(C)C(F)(F)F. The molecule has 4 aromatic rings. The van der Waals surface area contributed by atoms with E-state index < -0.39 is 102 Å². The molecule has 5 heterocycles. The summed E-state index contributed by atoms with van der Waals surface area (Å²) in [5.74, 6) is -4.44. The molecule has 0 aliphatic carbocycles. The van der Waals surface area contributed by atoms with Crippen LogP contribution in [0.1, 0.15) is 65.1 Å². The summed E-state index contributed by atoms with van der Waals surface area (Å²) in [7, 11) is 0.873. The number of carbonyl (C=O) groups excluding carboxylic acids is 3. The lowest BCUT2D eigenvalue weighted by atomic mass is 9.82. The van der Waals surface area contributed by atoms with Crippen LogP contribution in [0.3, 0.4) is 0 Å². The van der Waals surface area contributed by atoms with Gasteiger partial charge in [-0.2, -0.15) is 22.0 Å². The molecule has 26 heteroatoms. The minimum absolute atomic E-state index is 0.217. The monoisotopic (exact) mass is 1060 g/mol. The number of rotatable bonds is 19. The summed E-state index contributed by atoms with van der Waals surface area (Å²) in [6.07, 6.45) is -3.24. The van der Waals surface area contributed by atoms with Crippen LogP contribution >= 0.6 is 0 Å². The van der Waals surface area contributed by atoms with Crippen LogP contribution in [0.2, 0.25) is 0 Å². The number of alkyl carbamates (subject to hydrolysis) is 1. The summed E-state index contributed by atoms with van der Waals surface area (Å²) in [5.41, 5.74) is -1.19. The maximum absolute atomic E-state index is 16.0. The first kappa shape index (κ1) is 56.1. The molecule has 2 aromatic heterocycles. The van der Waals surface area contributed by atoms with Crippen LogP contribution in [-0.4, -0.2) is 152 Å². The lowest BCUT2D eigenvalue weighted by Crippen LogP contribution is -2.63. The standard InChI is InChI=1S/C49H60F7N11O8/c1-47(2,3)39(61-45(71)72)42(70)63-66(20-33-34(50)14-28(15-35(33)51)37-21-65(25-59-37)43(52)53)22-38(68)36(60-41(69)40(62-46(73)74-6)48(4,5)49(54,55)56)13-26-7-9-27(10-8-26)29-16-57-44(58-17-29)64-18-30-11-12-31(19-64)67(30)32-23-75-24-32/h7-10,14-17,21,25,30-32,36,38-40,43,61,68H,11-13,18-20,22-24H2,1-6H3,(H,60,69)(H,62,73)(H,63,70)(H,71,72). The largest absolute Gasteiger partial charge is 0.465 e. The van der Waals surface area contributed by atoms with Gasteiger partial charge >= 0.3 is 24.9 Å². The molecule has 3 aliphatic rings. The molecule has 2 bridgehead atoms. The van der Waals surface area contributed by atoms with Crippen LogP contribution in [0.4, 0.5) is 46.3 Å². The molecule has 0 radical (unpaired) electrons. The van der Waals surface area contributed by atoms with Crippen molar-refractivity contribution in [3.05, 3.63) is 84.1 Å². The molecule has 6 N–H and O–H groups in total. The number of aromatic nitrogens is 4. The molecule has 19 nitrogen and oxygen atoms in total. The fraction of sp³-hybridized carbons (Fsp3) is 0.531. The number of anilines is 1. The van der Waals surface area contributed by atoms with E-state index in [1.807, 2.05) is 5.32 Å². The first-order chi connectivity index (χ1) is 35.2. The Hall–Kier alpha value is -6.64. The minimum Gasteiger partial charge on any atom is -0.465 e. The number of piperazine rings is 1. The molecule has 3 saturated heterocycles. The molecule has 408 valence electrons. The molecule has 0 saturated carbocycles. The second-order valence-corrected chi connectivity index (χ2v) is 20.6. The zero-order valence-electron chi connectivity index (χ0n) is 41.9. The van der Waals surface area contributed by atoms with Gasteiger partial charge in [-0.1, -0.05) is 45.0 Å². The van der Waals surface area contributed by atoms with Crippen molar-refractivity contribution < 1.29 is 69.6 Å². The highest BCUT2D eigenvalue weighted by Gasteiger charge is 2.56. The van der Waals surface area contributed by atoms with Crippen molar-refractivity contribution >= 4 is 29.9 Å². The third kappa shape index (κ3) is 13.1.